The summed E-state index contributed by atoms with van der Waals surface area (Å²) in [5.41, 5.74) is 4.09. The number of hydrogen-bond acceptors (Lipinski definition) is 11. The van der Waals surface area contributed by atoms with Crippen LogP contribution in [0.25, 0.3) is 32.7 Å². The Bertz CT molecular complexity index is 2970. The molecule has 8 aromatic carbocycles. The van der Waals surface area contributed by atoms with Gasteiger partial charge in [0.05, 0.1) is 36.7 Å². The average Bonchev–Trinajstić information content (AvgIpc) is 3.58. The number of hydrogen-bond donors (Lipinski definition) is 4. The van der Waals surface area contributed by atoms with Gasteiger partial charge < -0.3 is 30.3 Å². The number of aromatic hydroxyl groups is 2. The number of fused-ring (bicyclic) bond motifs is 5. The van der Waals surface area contributed by atoms with Crippen molar-refractivity contribution in [3.8, 4) is 34.1 Å². The molecule has 0 fully saturated rings. The number of nitrogens with one attached hydrogen (secondary N) is 2. The van der Waals surface area contributed by atoms with Crippen molar-refractivity contribution in [2.45, 2.75) is 0 Å². The van der Waals surface area contributed by atoms with Crippen LogP contribution in [0.5, 0.6) is 23.0 Å². The third-order valence-corrected chi connectivity index (χ3v) is 10.5. The van der Waals surface area contributed by atoms with E-state index in [0.717, 1.165) is 0 Å². The SMILES string of the molecule is COc1ccc(NC(=O)c2cc3ccccc3c(N=Nc3ccc4c(c3)C(=O)c3cc(N=Nc5c(O)c(C(=O)Nc6ccc(OC)cc6)cc6ccccc56)ccc3-4)c2O)cc1. The van der Waals surface area contributed by atoms with Gasteiger partial charge in [0.15, 0.2) is 17.3 Å². The van der Waals surface area contributed by atoms with Gasteiger partial charge in [-0.15, -0.1) is 10.2 Å². The Labute approximate surface area is 353 Å². The van der Waals surface area contributed by atoms with Crippen LogP contribution in [-0.4, -0.2) is 42.0 Å². The smallest absolute Gasteiger partial charge is 0.259 e. The summed E-state index contributed by atoms with van der Waals surface area (Å²) < 4.78 is 10.4. The molecule has 9 rings (SSSR count). The number of benzene rings is 8. The van der Waals surface area contributed by atoms with Gasteiger partial charge in [0, 0.05) is 33.3 Å². The van der Waals surface area contributed by atoms with Crippen molar-refractivity contribution in [3.05, 3.63) is 168 Å². The molecule has 62 heavy (non-hydrogen) atoms. The number of amides is 2. The van der Waals surface area contributed by atoms with Crippen LogP contribution in [0.15, 0.2) is 166 Å². The lowest BCUT2D eigenvalue weighted by Crippen LogP contribution is -2.12. The minimum absolute atomic E-state index is 0.00679. The van der Waals surface area contributed by atoms with Crippen LogP contribution in [0.1, 0.15) is 36.6 Å². The molecule has 2 amide bonds. The second-order valence-electron chi connectivity index (χ2n) is 14.2. The highest BCUT2D eigenvalue weighted by atomic mass is 16.5. The Hall–Kier alpha value is -8.71. The number of phenolic OH excluding ortho intramolecular Hbond substituents is 2. The maximum absolute atomic E-state index is 13.9. The van der Waals surface area contributed by atoms with Crippen molar-refractivity contribution in [3.63, 3.8) is 0 Å². The zero-order valence-corrected chi connectivity index (χ0v) is 33.1. The summed E-state index contributed by atoms with van der Waals surface area (Å²) in [5, 5.41) is 48.5. The van der Waals surface area contributed by atoms with Gasteiger partial charge in [0.2, 0.25) is 0 Å². The molecule has 302 valence electrons. The van der Waals surface area contributed by atoms with E-state index in [4.69, 9.17) is 9.47 Å². The predicted octanol–water partition coefficient (Wildman–Crippen LogP) is 12.0. The van der Waals surface area contributed by atoms with E-state index in [1.807, 2.05) is 24.3 Å². The van der Waals surface area contributed by atoms with E-state index in [-0.39, 0.29) is 39.8 Å². The van der Waals surface area contributed by atoms with E-state index < -0.39 is 11.8 Å². The molecule has 0 atom stereocenters. The van der Waals surface area contributed by atoms with Gasteiger partial charge in [-0.2, -0.15) is 10.2 Å². The van der Waals surface area contributed by atoms with Crippen LogP contribution in [-0.2, 0) is 0 Å². The van der Waals surface area contributed by atoms with Crippen LogP contribution in [0.2, 0.25) is 0 Å². The molecular formula is C49H34N6O7. The Morgan fingerprint density at radius 1 is 0.484 bits per heavy atom. The molecule has 1 aliphatic rings. The molecular weight excluding hydrogens is 785 g/mol. The molecule has 0 heterocycles. The second-order valence-corrected chi connectivity index (χ2v) is 14.2. The summed E-state index contributed by atoms with van der Waals surface area (Å²) in [7, 11) is 3.10. The first-order chi connectivity index (χ1) is 30.2. The maximum Gasteiger partial charge on any atom is 0.259 e. The lowest BCUT2D eigenvalue weighted by atomic mass is 10.0. The van der Waals surface area contributed by atoms with Crippen LogP contribution in [0.4, 0.5) is 34.1 Å². The number of carbonyl (C=O) groups is 3. The summed E-state index contributed by atoms with van der Waals surface area (Å²) in [4.78, 5) is 40.7. The number of nitrogens with zero attached hydrogens (tertiary/aromatic N) is 4. The molecule has 0 saturated carbocycles. The highest BCUT2D eigenvalue weighted by Crippen LogP contribution is 2.44. The topological polar surface area (TPSA) is 184 Å². The highest BCUT2D eigenvalue weighted by molar-refractivity contribution is 6.22. The van der Waals surface area contributed by atoms with E-state index in [1.54, 1.807) is 136 Å². The third-order valence-electron chi connectivity index (χ3n) is 10.5. The number of ether oxygens (including phenoxy) is 2. The van der Waals surface area contributed by atoms with Gasteiger partial charge in [0.25, 0.3) is 11.8 Å². The fraction of sp³-hybridized carbons (Fsp3) is 0.0408. The molecule has 1 aliphatic carbocycles. The zero-order valence-electron chi connectivity index (χ0n) is 33.1. The molecule has 8 aromatic rings. The minimum atomic E-state index is -0.540. The van der Waals surface area contributed by atoms with E-state index in [9.17, 15) is 24.6 Å². The fourth-order valence-electron chi connectivity index (χ4n) is 7.32. The molecule has 13 nitrogen and oxygen atoms in total. The van der Waals surface area contributed by atoms with Crippen molar-refractivity contribution in [2.24, 2.45) is 20.5 Å². The van der Waals surface area contributed by atoms with Crippen molar-refractivity contribution >= 4 is 73.3 Å². The van der Waals surface area contributed by atoms with Crippen molar-refractivity contribution in [1.82, 2.24) is 0 Å². The van der Waals surface area contributed by atoms with Crippen LogP contribution in [0.3, 0.4) is 0 Å². The lowest BCUT2D eigenvalue weighted by molar-refractivity contribution is 0.101. The largest absolute Gasteiger partial charge is 0.505 e. The Balaban J connectivity index is 0.978. The Kier molecular flexibility index (Phi) is 10.1. The molecule has 0 bridgehead atoms. The molecule has 0 unspecified atom stereocenters. The van der Waals surface area contributed by atoms with Crippen molar-refractivity contribution < 1.29 is 34.1 Å². The van der Waals surface area contributed by atoms with E-state index >= 15 is 0 Å². The number of ketones is 1. The van der Waals surface area contributed by atoms with Crippen LogP contribution < -0.4 is 20.1 Å². The quantitative estimate of drug-likeness (QED) is 0.0989. The summed E-state index contributed by atoms with van der Waals surface area (Å²) in [6.45, 7) is 0. The summed E-state index contributed by atoms with van der Waals surface area (Å²) in [5.74, 6) is -0.784. The first kappa shape index (κ1) is 38.8. The molecule has 4 N–H and O–H groups in total. The molecule has 0 aromatic heterocycles. The number of methoxy groups -OCH3 is 2. The number of carbonyl (C=O) groups excluding carboxylic acids is 3. The fourth-order valence-corrected chi connectivity index (χ4v) is 7.32. The van der Waals surface area contributed by atoms with Gasteiger partial charge in [0.1, 0.15) is 22.9 Å². The Morgan fingerprint density at radius 3 is 1.29 bits per heavy atom. The third kappa shape index (κ3) is 7.30. The second kappa shape index (κ2) is 16.2. The van der Waals surface area contributed by atoms with E-state index in [1.165, 1.54) is 0 Å². The molecule has 13 heteroatoms. The first-order valence-corrected chi connectivity index (χ1v) is 19.3. The number of rotatable bonds is 10. The average molecular weight is 819 g/mol. The molecule has 0 aliphatic heterocycles. The summed E-state index contributed by atoms with van der Waals surface area (Å²) in [6, 6.07) is 41.4. The normalized spacial score (nSPS) is 11.9. The van der Waals surface area contributed by atoms with Gasteiger partial charge in [-0.25, -0.2) is 0 Å². The Morgan fingerprint density at radius 2 is 0.887 bits per heavy atom. The standard InChI is InChI=1S/C49H34N6O7/c1-61-33-17-11-29(12-18-33)50-48(59)41-23-27-7-3-5-9-35(27)43(46(41)57)54-52-31-15-21-37-38-22-16-32(26-40(38)45(56)39(37)25-31)53-55-44-36-10-6-4-8-28(36)24-42(47(44)58)49(60)51-30-13-19-34(62-2)20-14-30/h3-26,57-58H,1-2H3,(H,50,59)(H,51,60). The van der Waals surface area contributed by atoms with Crippen molar-refractivity contribution in [2.75, 3.05) is 24.9 Å². The highest BCUT2D eigenvalue weighted by Gasteiger charge is 2.28. The van der Waals surface area contributed by atoms with Crippen molar-refractivity contribution in [1.29, 1.82) is 0 Å². The maximum atomic E-state index is 13.9. The van der Waals surface area contributed by atoms with Gasteiger partial charge >= 0.3 is 0 Å². The first-order valence-electron chi connectivity index (χ1n) is 19.3. The molecule has 0 radical (unpaired) electrons. The zero-order chi connectivity index (χ0) is 42.9. The lowest BCUT2D eigenvalue weighted by Gasteiger charge is -2.11. The monoisotopic (exact) mass is 818 g/mol. The molecule has 0 spiro atoms. The van der Waals surface area contributed by atoms with E-state index in [2.05, 4.69) is 31.1 Å². The van der Waals surface area contributed by atoms with Crippen LogP contribution >= 0.6 is 0 Å². The summed E-state index contributed by atoms with van der Waals surface area (Å²) in [6.07, 6.45) is 0. The van der Waals surface area contributed by atoms with Gasteiger partial charge in [-0.3, -0.25) is 14.4 Å². The summed E-state index contributed by atoms with van der Waals surface area (Å²) >= 11 is 0. The van der Waals surface area contributed by atoms with Gasteiger partial charge in [-0.05, 0) is 107 Å². The van der Waals surface area contributed by atoms with E-state index in [0.29, 0.717) is 78.0 Å². The number of azo groups is 2. The minimum Gasteiger partial charge on any atom is -0.505 e. The van der Waals surface area contributed by atoms with Crippen LogP contribution in [0, 0.1) is 0 Å². The molecule has 0 saturated heterocycles. The van der Waals surface area contributed by atoms with Gasteiger partial charge in [-0.1, -0.05) is 60.7 Å². The number of anilines is 2. The number of phenols is 2. The predicted molar refractivity (Wildman–Crippen MR) is 237 cm³/mol.